The van der Waals surface area contributed by atoms with E-state index >= 15 is 0 Å². The number of hydrogen-bond donors (Lipinski definition) is 0. The third kappa shape index (κ3) is 4.67. The molecule has 0 aliphatic carbocycles. The molecule has 0 saturated carbocycles. The van der Waals surface area contributed by atoms with Gasteiger partial charge in [0.05, 0.1) is 38.2 Å². The molecule has 0 N–H and O–H groups in total. The number of aromatic nitrogens is 2. The van der Waals surface area contributed by atoms with Crippen LogP contribution in [0.5, 0.6) is 0 Å². The Morgan fingerprint density at radius 2 is 0.739 bits per heavy atom. The van der Waals surface area contributed by atoms with Gasteiger partial charge in [0.1, 0.15) is 0 Å². The minimum atomic E-state index is -1.49. The summed E-state index contributed by atoms with van der Waals surface area (Å²) in [5, 5.41) is 8.20. The molecule has 0 amide bonds. The van der Waals surface area contributed by atoms with Crippen molar-refractivity contribution >= 4 is 70.1 Å². The molecule has 2 nitrogen and oxygen atoms in total. The zero-order valence-corrected chi connectivity index (χ0v) is 29.6. The smallest absolute Gasteiger partial charge is 0.0776 e. The SMILES string of the molecule is C[Si](C)(C)c1ccc2c3ccccc3n(-c3cccc(-c4cccc(-n5c6ccccc6c6ccc([Si](C)(C)C)cc65)c4)c3)c2c1. The summed E-state index contributed by atoms with van der Waals surface area (Å²) in [6.07, 6.45) is 0. The molecule has 4 heteroatoms. The summed E-state index contributed by atoms with van der Waals surface area (Å²) in [6, 6.07) is 50.1. The van der Waals surface area contributed by atoms with Gasteiger partial charge in [0.25, 0.3) is 0 Å². The zero-order valence-electron chi connectivity index (χ0n) is 27.6. The Balaban J connectivity index is 1.31. The number of para-hydroxylation sites is 2. The molecule has 0 saturated heterocycles. The molecule has 0 atom stereocenters. The van der Waals surface area contributed by atoms with Crippen molar-refractivity contribution in [2.45, 2.75) is 39.3 Å². The van der Waals surface area contributed by atoms with Crippen molar-refractivity contribution < 1.29 is 0 Å². The summed E-state index contributed by atoms with van der Waals surface area (Å²) in [4.78, 5) is 0. The molecule has 2 heterocycles. The summed E-state index contributed by atoms with van der Waals surface area (Å²) in [6.45, 7) is 14.6. The highest BCUT2D eigenvalue weighted by Crippen LogP contribution is 2.35. The minimum absolute atomic E-state index is 1.19. The molecule has 226 valence electrons. The number of nitrogens with zero attached hydrogens (tertiary/aromatic N) is 2. The Morgan fingerprint density at radius 1 is 0.348 bits per heavy atom. The van der Waals surface area contributed by atoms with E-state index in [4.69, 9.17) is 0 Å². The largest absolute Gasteiger partial charge is 0.309 e. The van der Waals surface area contributed by atoms with E-state index in [2.05, 4.69) is 182 Å². The van der Waals surface area contributed by atoms with Crippen molar-refractivity contribution in [3.8, 4) is 22.5 Å². The van der Waals surface area contributed by atoms with Crippen LogP contribution in [-0.2, 0) is 0 Å². The Bertz CT molecular complexity index is 2270. The Labute approximate surface area is 273 Å². The third-order valence-electron chi connectivity index (χ3n) is 9.62. The third-order valence-corrected chi connectivity index (χ3v) is 13.7. The molecule has 0 bridgehead atoms. The molecule has 0 aliphatic rings. The molecule has 6 aromatic carbocycles. The van der Waals surface area contributed by atoms with Crippen molar-refractivity contribution in [3.05, 3.63) is 133 Å². The lowest BCUT2D eigenvalue weighted by Crippen LogP contribution is -2.37. The average Bonchev–Trinajstić information content (AvgIpc) is 3.56. The predicted octanol–water partition coefficient (Wildman–Crippen LogP) is 10.6. The van der Waals surface area contributed by atoms with Gasteiger partial charge in [-0.3, -0.25) is 0 Å². The number of hydrogen-bond acceptors (Lipinski definition) is 0. The van der Waals surface area contributed by atoms with Crippen LogP contribution in [0.4, 0.5) is 0 Å². The van der Waals surface area contributed by atoms with Gasteiger partial charge in [0.2, 0.25) is 0 Å². The zero-order chi connectivity index (χ0) is 31.8. The van der Waals surface area contributed by atoms with E-state index in [0.29, 0.717) is 0 Å². The van der Waals surface area contributed by atoms with Crippen molar-refractivity contribution in [3.63, 3.8) is 0 Å². The molecule has 0 unspecified atom stereocenters. The maximum Gasteiger partial charge on any atom is 0.0776 e. The van der Waals surface area contributed by atoms with Crippen LogP contribution in [0.15, 0.2) is 133 Å². The maximum absolute atomic E-state index is 2.46. The van der Waals surface area contributed by atoms with E-state index in [0.717, 1.165) is 0 Å². The van der Waals surface area contributed by atoms with Crippen molar-refractivity contribution in [1.29, 1.82) is 0 Å². The highest BCUT2D eigenvalue weighted by molar-refractivity contribution is 6.89. The number of benzene rings is 6. The number of rotatable bonds is 5. The van der Waals surface area contributed by atoms with Crippen molar-refractivity contribution in [2.24, 2.45) is 0 Å². The molecular weight excluding hydrogens is 589 g/mol. The van der Waals surface area contributed by atoms with Gasteiger partial charge in [0, 0.05) is 32.9 Å². The van der Waals surface area contributed by atoms with Gasteiger partial charge in [-0.05, 0) is 59.7 Å². The van der Waals surface area contributed by atoms with Crippen LogP contribution in [0.2, 0.25) is 39.3 Å². The topological polar surface area (TPSA) is 9.86 Å². The second kappa shape index (κ2) is 10.4. The van der Waals surface area contributed by atoms with Gasteiger partial charge in [0.15, 0.2) is 0 Å². The van der Waals surface area contributed by atoms with Gasteiger partial charge >= 0.3 is 0 Å². The standard InChI is InChI=1S/C42H40N2Si2/c1-45(2,3)33-21-23-37-35-17-7-9-19-39(35)43(41(37)27-33)31-15-11-13-29(25-31)30-14-12-16-32(26-30)44-40-20-10-8-18-36(40)38-24-22-34(28-42(38)44)46(4,5)6/h7-28H,1-6H3. The Kier molecular flexibility index (Phi) is 6.54. The van der Waals surface area contributed by atoms with E-state index in [-0.39, 0.29) is 0 Å². The average molecular weight is 629 g/mol. The van der Waals surface area contributed by atoms with Crippen LogP contribution < -0.4 is 10.4 Å². The second-order valence-electron chi connectivity index (χ2n) is 14.8. The van der Waals surface area contributed by atoms with Crippen LogP contribution >= 0.6 is 0 Å². The first-order chi connectivity index (χ1) is 22.1. The van der Waals surface area contributed by atoms with E-state index < -0.39 is 16.1 Å². The van der Waals surface area contributed by atoms with E-state index in [1.165, 1.54) is 76.5 Å². The fraction of sp³-hybridized carbons (Fsp3) is 0.143. The summed E-state index contributed by atoms with van der Waals surface area (Å²) >= 11 is 0. The molecule has 2 aromatic heterocycles. The van der Waals surface area contributed by atoms with Crippen LogP contribution in [0.1, 0.15) is 0 Å². The predicted molar refractivity (Wildman–Crippen MR) is 207 cm³/mol. The first-order valence-electron chi connectivity index (χ1n) is 16.4. The molecular formula is C42H40N2Si2. The monoisotopic (exact) mass is 628 g/mol. The van der Waals surface area contributed by atoms with E-state index in [1.54, 1.807) is 0 Å². The van der Waals surface area contributed by atoms with Crippen LogP contribution in [0.3, 0.4) is 0 Å². The highest BCUT2D eigenvalue weighted by Gasteiger charge is 2.21. The molecule has 0 spiro atoms. The minimum Gasteiger partial charge on any atom is -0.309 e. The summed E-state index contributed by atoms with van der Waals surface area (Å²) in [7, 11) is -2.97. The van der Waals surface area contributed by atoms with Gasteiger partial charge < -0.3 is 9.13 Å². The van der Waals surface area contributed by atoms with Crippen molar-refractivity contribution in [2.75, 3.05) is 0 Å². The van der Waals surface area contributed by atoms with Gasteiger partial charge in [-0.2, -0.15) is 0 Å². The molecule has 8 rings (SSSR count). The van der Waals surface area contributed by atoms with E-state index in [1.807, 2.05) is 0 Å². The molecule has 46 heavy (non-hydrogen) atoms. The second-order valence-corrected chi connectivity index (χ2v) is 24.9. The fourth-order valence-electron chi connectivity index (χ4n) is 7.08. The van der Waals surface area contributed by atoms with E-state index in [9.17, 15) is 0 Å². The Morgan fingerprint density at radius 3 is 1.15 bits per heavy atom. The van der Waals surface area contributed by atoms with Crippen LogP contribution in [0, 0.1) is 0 Å². The fourth-order valence-corrected chi connectivity index (χ4v) is 9.39. The molecule has 0 aliphatic heterocycles. The lowest BCUT2D eigenvalue weighted by Gasteiger charge is -2.18. The Hall–Kier alpha value is -4.65. The normalized spacial score (nSPS) is 12.6. The molecule has 8 aromatic rings. The highest BCUT2D eigenvalue weighted by atomic mass is 28.3. The number of fused-ring (bicyclic) bond motifs is 6. The maximum atomic E-state index is 2.46. The van der Waals surface area contributed by atoms with Gasteiger partial charge in [-0.25, -0.2) is 0 Å². The van der Waals surface area contributed by atoms with Gasteiger partial charge in [-0.15, -0.1) is 0 Å². The summed E-state index contributed by atoms with van der Waals surface area (Å²) in [5.74, 6) is 0. The van der Waals surface area contributed by atoms with Gasteiger partial charge in [-0.1, -0.05) is 135 Å². The van der Waals surface area contributed by atoms with Crippen molar-refractivity contribution in [1.82, 2.24) is 9.13 Å². The molecule has 0 fully saturated rings. The van der Waals surface area contributed by atoms with Crippen LogP contribution in [-0.4, -0.2) is 25.3 Å². The van der Waals surface area contributed by atoms with Crippen LogP contribution in [0.25, 0.3) is 66.1 Å². The molecule has 0 radical (unpaired) electrons. The lowest BCUT2D eigenvalue weighted by molar-refractivity contribution is 1.17. The first-order valence-corrected chi connectivity index (χ1v) is 23.4. The quantitative estimate of drug-likeness (QED) is 0.168. The summed E-state index contributed by atoms with van der Waals surface area (Å²) < 4.78 is 4.93. The summed E-state index contributed by atoms with van der Waals surface area (Å²) in [5.41, 5.74) is 9.90. The lowest BCUT2D eigenvalue weighted by atomic mass is 10.0. The first kappa shape index (κ1) is 28.8.